The first-order valence-corrected chi connectivity index (χ1v) is 14.2. The van der Waals surface area contributed by atoms with Gasteiger partial charge in [0, 0.05) is 16.8 Å². The zero-order chi connectivity index (χ0) is 28.3. The quantitative estimate of drug-likeness (QED) is 0.204. The summed E-state index contributed by atoms with van der Waals surface area (Å²) < 4.78 is 6.55. The Bertz CT molecular complexity index is 1980. The van der Waals surface area contributed by atoms with Crippen molar-refractivity contribution in [2.45, 2.75) is 6.61 Å². The lowest BCUT2D eigenvalue weighted by atomic mass is 10.0. The van der Waals surface area contributed by atoms with Gasteiger partial charge in [-0.1, -0.05) is 121 Å². The van der Waals surface area contributed by atoms with Crippen LogP contribution in [0, 0.1) is 0 Å². The van der Waals surface area contributed by atoms with E-state index in [1.54, 1.807) is 0 Å². The van der Waals surface area contributed by atoms with Crippen LogP contribution in [0.15, 0.2) is 158 Å². The highest BCUT2D eigenvalue weighted by molar-refractivity contribution is 6.02. The second-order valence-electron chi connectivity index (χ2n) is 10.4. The highest BCUT2D eigenvalue weighted by Crippen LogP contribution is 2.46. The summed E-state index contributed by atoms with van der Waals surface area (Å²) in [6, 6.07) is 54.7. The van der Waals surface area contributed by atoms with Crippen LogP contribution in [-0.2, 0) is 6.61 Å². The van der Waals surface area contributed by atoms with E-state index in [0.29, 0.717) is 18.0 Å². The van der Waals surface area contributed by atoms with Crippen molar-refractivity contribution < 1.29 is 4.74 Å². The lowest BCUT2D eigenvalue weighted by Gasteiger charge is -2.29. The minimum absolute atomic E-state index is 0.417. The molecule has 0 saturated carbocycles. The van der Waals surface area contributed by atoms with Crippen molar-refractivity contribution >= 4 is 44.3 Å². The number of nitrogens with two attached hydrogens (primary N) is 1. The number of nitrogens with zero attached hydrogens (tertiary/aromatic N) is 1. The van der Waals surface area contributed by atoms with Gasteiger partial charge in [-0.15, -0.1) is 0 Å². The van der Waals surface area contributed by atoms with E-state index in [4.69, 9.17) is 10.5 Å². The molecule has 0 aromatic heterocycles. The first-order valence-electron chi connectivity index (χ1n) is 14.2. The molecule has 0 fully saturated rings. The van der Waals surface area contributed by atoms with E-state index < -0.39 is 0 Å². The number of rotatable bonds is 7. The molecule has 0 saturated heterocycles. The molecule has 202 valence electrons. The molecule has 0 unspecified atom stereocenters. The van der Waals surface area contributed by atoms with Crippen LogP contribution in [0.1, 0.15) is 5.56 Å². The molecule has 0 heterocycles. The minimum Gasteiger partial charge on any atom is -0.485 e. The molecule has 0 aliphatic carbocycles. The maximum absolute atomic E-state index is 6.87. The van der Waals surface area contributed by atoms with Crippen LogP contribution in [0.25, 0.3) is 32.7 Å². The second kappa shape index (κ2) is 11.1. The first-order chi connectivity index (χ1) is 20.7. The zero-order valence-electron chi connectivity index (χ0n) is 23.2. The van der Waals surface area contributed by atoms with E-state index in [9.17, 15) is 0 Å². The Morgan fingerprint density at radius 1 is 0.500 bits per heavy atom. The number of anilines is 4. The number of hydrogen-bond acceptors (Lipinski definition) is 3. The van der Waals surface area contributed by atoms with Gasteiger partial charge >= 0.3 is 0 Å². The molecule has 3 nitrogen and oxygen atoms in total. The summed E-state index contributed by atoms with van der Waals surface area (Å²) in [5, 5.41) is 4.51. The van der Waals surface area contributed by atoms with Crippen LogP contribution in [-0.4, -0.2) is 0 Å². The first kappa shape index (κ1) is 25.4. The molecule has 42 heavy (non-hydrogen) atoms. The van der Waals surface area contributed by atoms with E-state index in [1.165, 1.54) is 16.3 Å². The van der Waals surface area contributed by atoms with Gasteiger partial charge in [-0.05, 0) is 69.2 Å². The summed E-state index contributed by atoms with van der Waals surface area (Å²) in [5.41, 5.74) is 13.9. The number of nitrogen functional groups attached to an aromatic ring is 1. The molecule has 0 aliphatic rings. The average Bonchev–Trinajstić information content (AvgIpc) is 3.06. The fraction of sp³-hybridized carbons (Fsp3) is 0.0256. The number of fused-ring (bicyclic) bond motifs is 2. The summed E-state index contributed by atoms with van der Waals surface area (Å²) in [6.07, 6.45) is 0. The Hall–Kier alpha value is -5.54. The van der Waals surface area contributed by atoms with Crippen molar-refractivity contribution in [3.8, 4) is 16.9 Å². The largest absolute Gasteiger partial charge is 0.485 e. The van der Waals surface area contributed by atoms with Gasteiger partial charge in [0.25, 0.3) is 0 Å². The van der Waals surface area contributed by atoms with Gasteiger partial charge in [0.1, 0.15) is 6.61 Å². The Balaban J connectivity index is 1.35. The third-order valence-electron chi connectivity index (χ3n) is 7.71. The van der Waals surface area contributed by atoms with E-state index in [1.807, 2.05) is 36.4 Å². The van der Waals surface area contributed by atoms with Crippen LogP contribution >= 0.6 is 0 Å². The molecule has 0 bridgehead atoms. The predicted octanol–water partition coefficient (Wildman–Crippen LogP) is 10.3. The monoisotopic (exact) mass is 542 g/mol. The average molecular weight is 543 g/mol. The normalized spacial score (nSPS) is 11.0. The number of para-hydroxylation sites is 1. The maximum Gasteiger partial charge on any atom is 0.167 e. The van der Waals surface area contributed by atoms with Crippen LogP contribution in [0.4, 0.5) is 22.7 Å². The summed E-state index contributed by atoms with van der Waals surface area (Å²) in [5.74, 6) is 0.667. The van der Waals surface area contributed by atoms with Crippen molar-refractivity contribution in [2.75, 3.05) is 10.6 Å². The molecule has 3 heteroatoms. The molecule has 0 spiro atoms. The van der Waals surface area contributed by atoms with E-state index in [0.717, 1.165) is 39.0 Å². The van der Waals surface area contributed by atoms with Crippen LogP contribution in [0.2, 0.25) is 0 Å². The molecular formula is C39H30N2O. The summed E-state index contributed by atoms with van der Waals surface area (Å²) in [4.78, 5) is 2.23. The van der Waals surface area contributed by atoms with Crippen molar-refractivity contribution in [3.05, 3.63) is 163 Å². The van der Waals surface area contributed by atoms with Crippen molar-refractivity contribution in [2.24, 2.45) is 0 Å². The van der Waals surface area contributed by atoms with Crippen molar-refractivity contribution in [1.29, 1.82) is 0 Å². The molecule has 0 radical (unpaired) electrons. The van der Waals surface area contributed by atoms with Gasteiger partial charge in [0.15, 0.2) is 5.75 Å². The third-order valence-corrected chi connectivity index (χ3v) is 7.71. The lowest BCUT2D eigenvalue weighted by molar-refractivity contribution is 0.309. The number of ether oxygens (including phenoxy) is 1. The van der Waals surface area contributed by atoms with Crippen LogP contribution in [0.3, 0.4) is 0 Å². The van der Waals surface area contributed by atoms with Gasteiger partial charge in [-0.3, -0.25) is 0 Å². The fourth-order valence-electron chi connectivity index (χ4n) is 5.56. The van der Waals surface area contributed by atoms with E-state index in [2.05, 4.69) is 126 Å². The molecule has 7 aromatic carbocycles. The smallest absolute Gasteiger partial charge is 0.167 e. The highest BCUT2D eigenvalue weighted by Gasteiger charge is 2.21. The summed E-state index contributed by atoms with van der Waals surface area (Å²) in [7, 11) is 0. The fourth-order valence-corrected chi connectivity index (χ4v) is 5.56. The molecule has 7 rings (SSSR count). The summed E-state index contributed by atoms with van der Waals surface area (Å²) in [6.45, 7) is 0.417. The Morgan fingerprint density at radius 3 is 1.86 bits per heavy atom. The standard InChI is InChI=1S/C39H30N2O/c40-38-36-18-10-9-15-33(36)26-37(39(38)42-27-28-11-3-1-4-12-28)41(34-16-5-2-6-17-34)35-23-21-30(22-24-35)32-20-19-29-13-7-8-14-31(29)25-32/h1-26H,27,40H2. The zero-order valence-corrected chi connectivity index (χ0v) is 23.2. The molecular weight excluding hydrogens is 512 g/mol. The number of benzene rings is 7. The Kier molecular flexibility index (Phi) is 6.75. The summed E-state index contributed by atoms with van der Waals surface area (Å²) >= 11 is 0. The molecule has 0 amide bonds. The predicted molar refractivity (Wildman–Crippen MR) is 177 cm³/mol. The van der Waals surface area contributed by atoms with Crippen LogP contribution in [0.5, 0.6) is 5.75 Å². The van der Waals surface area contributed by atoms with Gasteiger partial charge in [-0.25, -0.2) is 0 Å². The number of hydrogen-bond donors (Lipinski definition) is 1. The van der Waals surface area contributed by atoms with Crippen molar-refractivity contribution in [3.63, 3.8) is 0 Å². The van der Waals surface area contributed by atoms with Gasteiger partial charge in [-0.2, -0.15) is 0 Å². The molecule has 0 atom stereocenters. The Morgan fingerprint density at radius 2 is 1.10 bits per heavy atom. The molecule has 0 aliphatic heterocycles. The third kappa shape index (κ3) is 4.93. The lowest BCUT2D eigenvalue weighted by Crippen LogP contribution is -2.13. The topological polar surface area (TPSA) is 38.5 Å². The molecule has 2 N–H and O–H groups in total. The second-order valence-corrected chi connectivity index (χ2v) is 10.4. The van der Waals surface area contributed by atoms with Gasteiger partial charge < -0.3 is 15.4 Å². The van der Waals surface area contributed by atoms with Crippen LogP contribution < -0.4 is 15.4 Å². The SMILES string of the molecule is Nc1c(OCc2ccccc2)c(N(c2ccccc2)c2ccc(-c3ccc4ccccc4c3)cc2)cc2ccccc12. The molecule has 7 aromatic rings. The minimum atomic E-state index is 0.417. The van der Waals surface area contributed by atoms with Gasteiger partial charge in [0.2, 0.25) is 0 Å². The van der Waals surface area contributed by atoms with E-state index in [-0.39, 0.29) is 0 Å². The van der Waals surface area contributed by atoms with Crippen molar-refractivity contribution in [1.82, 2.24) is 0 Å². The van der Waals surface area contributed by atoms with E-state index >= 15 is 0 Å². The van der Waals surface area contributed by atoms with Gasteiger partial charge in [0.05, 0.1) is 11.4 Å². The Labute approximate surface area is 246 Å². The maximum atomic E-state index is 6.87. The highest BCUT2D eigenvalue weighted by atomic mass is 16.5.